The first-order valence-corrected chi connectivity index (χ1v) is 8.16. The Kier molecular flexibility index (Phi) is 9.30. The fourth-order valence-corrected chi connectivity index (χ4v) is 2.13. The summed E-state index contributed by atoms with van der Waals surface area (Å²) in [5.74, 6) is 0. The summed E-state index contributed by atoms with van der Waals surface area (Å²) in [6, 6.07) is 18.9. The van der Waals surface area contributed by atoms with Gasteiger partial charge >= 0.3 is 14.5 Å². The highest BCUT2D eigenvalue weighted by molar-refractivity contribution is 6.50. The molecule has 0 unspecified atom stereocenters. The molecule has 0 saturated heterocycles. The molecular weight excluding hydrogens is 406 g/mol. The van der Waals surface area contributed by atoms with Gasteiger partial charge in [-0.3, -0.25) is 0 Å². The summed E-state index contributed by atoms with van der Waals surface area (Å²) in [6.07, 6.45) is 8.14. The minimum Gasteiger partial charge on any atom is -0.418 e. The quantitative estimate of drug-likeness (QED) is 0.318. The lowest BCUT2D eigenvalue weighted by atomic mass is 10.1. The van der Waals surface area contributed by atoms with E-state index in [2.05, 4.69) is 70.5 Å². The van der Waals surface area contributed by atoms with E-state index < -0.39 is 14.5 Å². The minimum atomic E-state index is -6.00. The van der Waals surface area contributed by atoms with Crippen LogP contribution in [0.4, 0.5) is 34.5 Å². The van der Waals surface area contributed by atoms with Gasteiger partial charge < -0.3 is 34.5 Å². The number of halogens is 8. The van der Waals surface area contributed by atoms with E-state index in [9.17, 15) is 34.5 Å². The molecule has 3 rings (SSSR count). The normalized spacial score (nSPS) is 10.9. The molecule has 1 aromatic carbocycles. The smallest absolute Gasteiger partial charge is 0.418 e. The molecule has 0 spiro atoms. The highest BCUT2D eigenvalue weighted by Crippen LogP contribution is 2.15. The molecule has 0 amide bonds. The first-order valence-electron chi connectivity index (χ1n) is 8.16. The van der Waals surface area contributed by atoms with Gasteiger partial charge in [0.15, 0.2) is 31.3 Å². The molecule has 0 radical (unpaired) electrons. The highest BCUT2D eigenvalue weighted by Gasteiger charge is 2.21. The van der Waals surface area contributed by atoms with Gasteiger partial charge in [-0.1, -0.05) is 30.3 Å². The molecule has 0 saturated carbocycles. The third kappa shape index (κ3) is 13.8. The topological polar surface area (TPSA) is 18.0 Å². The van der Waals surface area contributed by atoms with E-state index in [4.69, 9.17) is 0 Å². The molecule has 0 fully saturated rings. The molecule has 12 heteroatoms. The molecule has 2 nitrogen and oxygen atoms in total. The van der Waals surface area contributed by atoms with Crippen molar-refractivity contribution < 1.29 is 44.1 Å². The van der Waals surface area contributed by atoms with Gasteiger partial charge in [0.2, 0.25) is 0 Å². The zero-order valence-electron chi connectivity index (χ0n) is 14.8. The molecule has 0 aliphatic rings. The molecule has 156 valence electrons. The summed E-state index contributed by atoms with van der Waals surface area (Å²) in [5, 5.41) is 0. The van der Waals surface area contributed by atoms with E-state index in [0.717, 1.165) is 6.54 Å². The van der Waals surface area contributed by atoms with E-state index in [1.165, 1.54) is 16.7 Å². The van der Waals surface area contributed by atoms with Gasteiger partial charge in [-0.2, -0.15) is 0 Å². The molecule has 0 bridgehead atoms. The first-order chi connectivity index (χ1) is 13.4. The number of nitrogens with one attached hydrogen (secondary N) is 1. The van der Waals surface area contributed by atoms with Crippen molar-refractivity contribution in [3.05, 3.63) is 84.9 Å². The highest BCUT2D eigenvalue weighted by atomic mass is 19.5. The van der Waals surface area contributed by atoms with Crippen LogP contribution in [0.2, 0.25) is 0 Å². The van der Waals surface area contributed by atoms with Crippen molar-refractivity contribution in [1.82, 2.24) is 0 Å². The summed E-state index contributed by atoms with van der Waals surface area (Å²) >= 11 is 0. The van der Waals surface area contributed by atoms with Crippen molar-refractivity contribution in [2.24, 2.45) is 0 Å². The van der Waals surface area contributed by atoms with Crippen LogP contribution in [0.3, 0.4) is 0 Å². The Bertz CT molecular complexity index is 802. The average molecular weight is 422 g/mol. The number of pyridine rings is 2. The van der Waals surface area contributed by atoms with Crippen molar-refractivity contribution in [3.63, 3.8) is 0 Å². The van der Waals surface area contributed by atoms with Crippen LogP contribution in [0.1, 0.15) is 5.56 Å². The van der Waals surface area contributed by atoms with E-state index in [0.29, 0.717) is 0 Å². The first kappa shape index (κ1) is 24.1. The second kappa shape index (κ2) is 11.2. The number of rotatable bonds is 3. The lowest BCUT2D eigenvalue weighted by molar-refractivity contribution is -0.688. The molecule has 29 heavy (non-hydrogen) atoms. The summed E-state index contributed by atoms with van der Waals surface area (Å²) < 4.78 is 80.2. The van der Waals surface area contributed by atoms with E-state index in [1.807, 2.05) is 18.5 Å². The maximum absolute atomic E-state index is 9.75. The standard InChI is InChI=1S/C17H15N2.2BF4/c1-2-4-15(5-3-1)14-19-12-8-17(9-13-19)16-6-10-18-11-7-16;2*2-1(3,4)5/h1-13H,14H2;;/q+1;2*-1/p+1. The minimum absolute atomic E-state index is 0.906. The lowest BCUT2D eigenvalue weighted by Crippen LogP contribution is -2.32. The predicted octanol–water partition coefficient (Wildman–Crippen LogP) is 5.10. The van der Waals surface area contributed by atoms with Crippen molar-refractivity contribution in [1.29, 1.82) is 0 Å². The third-order valence-electron chi connectivity index (χ3n) is 3.15. The summed E-state index contributed by atoms with van der Waals surface area (Å²) in [6.45, 7) is 0.906. The van der Waals surface area contributed by atoms with Gasteiger partial charge in [-0.15, -0.1) is 0 Å². The zero-order chi connectivity index (χ0) is 21.9. The monoisotopic (exact) mass is 422 g/mol. The van der Waals surface area contributed by atoms with Crippen LogP contribution < -0.4 is 9.55 Å². The SMILES string of the molecule is F[B-](F)(F)F.F[B-](F)(F)F.c1ccc(C[n+]2ccc(-c3cc[nH+]cc3)cc2)cc1. The molecule has 0 aliphatic carbocycles. The third-order valence-corrected chi connectivity index (χ3v) is 3.15. The second-order valence-corrected chi connectivity index (χ2v) is 5.52. The van der Waals surface area contributed by atoms with Crippen molar-refractivity contribution in [3.8, 4) is 11.1 Å². The number of aromatic amines is 1. The van der Waals surface area contributed by atoms with E-state index >= 15 is 0 Å². The average Bonchev–Trinajstić information content (AvgIpc) is 2.61. The fourth-order valence-electron chi connectivity index (χ4n) is 2.13. The maximum Gasteiger partial charge on any atom is 0.673 e. The van der Waals surface area contributed by atoms with Gasteiger partial charge in [-0.05, 0) is 11.1 Å². The van der Waals surface area contributed by atoms with Gasteiger partial charge in [0.1, 0.15) is 0 Å². The van der Waals surface area contributed by atoms with E-state index in [-0.39, 0.29) is 0 Å². The van der Waals surface area contributed by atoms with Crippen LogP contribution in [0.5, 0.6) is 0 Å². The molecular formula is C17H16B2F8N2. The predicted molar refractivity (Wildman–Crippen MR) is 94.5 cm³/mol. The summed E-state index contributed by atoms with van der Waals surface area (Å²) in [5.41, 5.74) is 3.78. The lowest BCUT2D eigenvalue weighted by Gasteiger charge is -2.00. The van der Waals surface area contributed by atoms with Crippen LogP contribution in [-0.2, 0) is 6.54 Å². The molecule has 0 atom stereocenters. The largest absolute Gasteiger partial charge is 0.673 e. The Morgan fingerprint density at radius 1 is 0.621 bits per heavy atom. The van der Waals surface area contributed by atoms with Crippen LogP contribution in [0.25, 0.3) is 11.1 Å². The Morgan fingerprint density at radius 2 is 1.03 bits per heavy atom. The van der Waals surface area contributed by atoms with Crippen LogP contribution in [-0.4, -0.2) is 14.5 Å². The maximum atomic E-state index is 9.75. The van der Waals surface area contributed by atoms with Crippen LogP contribution in [0, 0.1) is 0 Å². The number of aromatic nitrogens is 2. The zero-order valence-corrected chi connectivity index (χ0v) is 14.8. The number of H-pyrrole nitrogens is 1. The fraction of sp³-hybridized carbons (Fsp3) is 0.0588. The van der Waals surface area contributed by atoms with Gasteiger partial charge in [-0.25, -0.2) is 9.55 Å². The number of hydrogen-bond donors (Lipinski definition) is 0. The van der Waals surface area contributed by atoms with Crippen LogP contribution >= 0.6 is 0 Å². The van der Waals surface area contributed by atoms with Gasteiger partial charge in [0.05, 0.1) is 0 Å². The van der Waals surface area contributed by atoms with Gasteiger partial charge in [0, 0.05) is 29.8 Å². The Hall–Kier alpha value is -2.91. The second-order valence-electron chi connectivity index (χ2n) is 5.52. The molecule has 2 heterocycles. The van der Waals surface area contributed by atoms with Gasteiger partial charge in [0.25, 0.3) is 0 Å². The Labute approximate surface area is 162 Å². The number of hydrogen-bond acceptors (Lipinski definition) is 0. The van der Waals surface area contributed by atoms with Crippen molar-refractivity contribution in [2.75, 3.05) is 0 Å². The molecule has 2 aromatic heterocycles. The molecule has 3 aromatic rings. The summed E-state index contributed by atoms with van der Waals surface area (Å²) in [7, 11) is -12.0. The molecule has 1 N–H and O–H groups in total. The Morgan fingerprint density at radius 3 is 1.48 bits per heavy atom. The van der Waals surface area contributed by atoms with Crippen LogP contribution in [0.15, 0.2) is 79.4 Å². The van der Waals surface area contributed by atoms with E-state index in [1.54, 1.807) is 0 Å². The molecule has 0 aliphatic heterocycles. The number of benzene rings is 1. The Balaban J connectivity index is 0.000000353. The number of nitrogens with zero attached hydrogens (tertiary/aromatic N) is 1. The summed E-state index contributed by atoms with van der Waals surface area (Å²) in [4.78, 5) is 3.04. The van der Waals surface area contributed by atoms with Crippen molar-refractivity contribution in [2.45, 2.75) is 6.54 Å². The van der Waals surface area contributed by atoms with Crippen molar-refractivity contribution >= 4 is 14.5 Å².